The van der Waals surface area contributed by atoms with Gasteiger partial charge in [0.1, 0.15) is 17.7 Å². The molecule has 3 aromatic rings. The summed E-state index contributed by atoms with van der Waals surface area (Å²) in [5.41, 5.74) is -0.180. The smallest absolute Gasteiger partial charge is 0.230 e. The highest BCUT2D eigenvalue weighted by atomic mass is 15.3. The fraction of sp³-hybridized carbons (Fsp3) is 0.500. The number of imidazole rings is 2. The zero-order chi connectivity index (χ0) is 20.3. The molecule has 150 valence electrons. The average Bonchev–Trinajstić information content (AvgIpc) is 3.20. The molecule has 10 heteroatoms. The van der Waals surface area contributed by atoms with E-state index in [1.807, 2.05) is 42.5 Å². The molecule has 3 rings (SSSR count). The number of hydrogen-bond donors (Lipinski definition) is 3. The molecule has 0 aliphatic heterocycles. The summed E-state index contributed by atoms with van der Waals surface area (Å²) in [7, 11) is 3.90. The molecule has 0 fully saturated rings. The molecule has 0 radical (unpaired) electrons. The summed E-state index contributed by atoms with van der Waals surface area (Å²) in [4.78, 5) is 22.5. The molecule has 0 aliphatic rings. The second-order valence-electron chi connectivity index (χ2n) is 7.58. The molecule has 0 saturated heterocycles. The van der Waals surface area contributed by atoms with Crippen LogP contribution in [0.1, 0.15) is 45.4 Å². The van der Waals surface area contributed by atoms with Crippen molar-refractivity contribution in [1.82, 2.24) is 34.1 Å². The van der Waals surface area contributed by atoms with Gasteiger partial charge in [-0.15, -0.1) is 0 Å². The first-order valence-electron chi connectivity index (χ1n) is 9.26. The standard InChI is InChI=1S/C18H28N10/c1-7-19-15-23-16(25-17(24-15)26-18(2,3)4)22-12(13-20-8-10-27(13)5)14-21-9-11-28(14)6/h8-12H,7H2,1-6H3,(H3,19,22,23,24,25,26). The fourth-order valence-electron chi connectivity index (χ4n) is 2.75. The maximum Gasteiger partial charge on any atom is 0.230 e. The third kappa shape index (κ3) is 4.56. The Kier molecular flexibility index (Phi) is 5.48. The summed E-state index contributed by atoms with van der Waals surface area (Å²) in [6.07, 6.45) is 7.32. The van der Waals surface area contributed by atoms with Crippen LogP contribution in [-0.2, 0) is 14.1 Å². The van der Waals surface area contributed by atoms with Gasteiger partial charge >= 0.3 is 0 Å². The normalized spacial score (nSPS) is 11.7. The number of anilines is 3. The van der Waals surface area contributed by atoms with Gasteiger partial charge in [-0.2, -0.15) is 15.0 Å². The highest BCUT2D eigenvalue weighted by Crippen LogP contribution is 2.24. The molecule has 0 aromatic carbocycles. The van der Waals surface area contributed by atoms with Crippen molar-refractivity contribution in [2.75, 3.05) is 22.5 Å². The van der Waals surface area contributed by atoms with Crippen LogP contribution in [0.15, 0.2) is 24.8 Å². The summed E-state index contributed by atoms with van der Waals surface area (Å²) < 4.78 is 3.90. The van der Waals surface area contributed by atoms with Crippen LogP contribution in [0.5, 0.6) is 0 Å². The highest BCUT2D eigenvalue weighted by molar-refractivity contribution is 5.45. The van der Waals surface area contributed by atoms with Crippen LogP contribution < -0.4 is 16.0 Å². The van der Waals surface area contributed by atoms with Gasteiger partial charge in [-0.3, -0.25) is 0 Å². The van der Waals surface area contributed by atoms with E-state index in [1.165, 1.54) is 0 Å². The molecule has 0 atom stereocenters. The zero-order valence-corrected chi connectivity index (χ0v) is 17.2. The SMILES string of the molecule is CCNc1nc(NC(c2nccn2C)c2nccn2C)nc(NC(C)(C)C)n1. The molecule has 0 spiro atoms. The monoisotopic (exact) mass is 384 g/mol. The molecular formula is C18H28N10. The van der Waals surface area contributed by atoms with E-state index in [4.69, 9.17) is 0 Å². The quantitative estimate of drug-likeness (QED) is 0.568. The summed E-state index contributed by atoms with van der Waals surface area (Å²) >= 11 is 0. The van der Waals surface area contributed by atoms with Gasteiger partial charge in [0, 0.05) is 51.0 Å². The fourth-order valence-corrected chi connectivity index (χ4v) is 2.75. The first kappa shape index (κ1) is 19.6. The topological polar surface area (TPSA) is 110 Å². The molecule has 10 nitrogen and oxygen atoms in total. The van der Waals surface area contributed by atoms with E-state index in [1.54, 1.807) is 12.4 Å². The van der Waals surface area contributed by atoms with Crippen molar-refractivity contribution in [3.05, 3.63) is 36.4 Å². The summed E-state index contributed by atoms with van der Waals surface area (Å²) in [6.45, 7) is 8.88. The van der Waals surface area contributed by atoms with Crippen molar-refractivity contribution in [2.45, 2.75) is 39.3 Å². The van der Waals surface area contributed by atoms with E-state index in [-0.39, 0.29) is 11.6 Å². The average molecular weight is 384 g/mol. The number of nitrogens with one attached hydrogen (secondary N) is 3. The van der Waals surface area contributed by atoms with Crippen LogP contribution in [0, 0.1) is 0 Å². The molecule has 0 aliphatic carbocycles. The largest absolute Gasteiger partial charge is 0.354 e. The number of hydrogen-bond acceptors (Lipinski definition) is 8. The second-order valence-corrected chi connectivity index (χ2v) is 7.58. The predicted molar refractivity (Wildman–Crippen MR) is 109 cm³/mol. The summed E-state index contributed by atoms with van der Waals surface area (Å²) in [6, 6.07) is -0.320. The lowest BCUT2D eigenvalue weighted by Gasteiger charge is -2.22. The lowest BCUT2D eigenvalue weighted by Crippen LogP contribution is -2.28. The Labute approximate surface area is 164 Å². The van der Waals surface area contributed by atoms with Gasteiger partial charge in [0.05, 0.1) is 0 Å². The maximum atomic E-state index is 4.56. The van der Waals surface area contributed by atoms with Crippen molar-refractivity contribution in [1.29, 1.82) is 0 Å². The molecule has 3 heterocycles. The van der Waals surface area contributed by atoms with Crippen molar-refractivity contribution >= 4 is 17.8 Å². The first-order valence-corrected chi connectivity index (χ1v) is 9.26. The number of aryl methyl sites for hydroxylation is 2. The molecule has 0 amide bonds. The summed E-state index contributed by atoms with van der Waals surface area (Å²) in [5.74, 6) is 3.06. The van der Waals surface area contributed by atoms with Gasteiger partial charge in [0.25, 0.3) is 0 Å². The minimum Gasteiger partial charge on any atom is -0.354 e. The Balaban J connectivity index is 2.00. The van der Waals surface area contributed by atoms with Gasteiger partial charge < -0.3 is 25.1 Å². The van der Waals surface area contributed by atoms with E-state index < -0.39 is 0 Å². The highest BCUT2D eigenvalue weighted by Gasteiger charge is 2.24. The van der Waals surface area contributed by atoms with E-state index in [0.29, 0.717) is 24.4 Å². The molecular weight excluding hydrogens is 356 g/mol. The van der Waals surface area contributed by atoms with E-state index in [9.17, 15) is 0 Å². The maximum absolute atomic E-state index is 4.56. The van der Waals surface area contributed by atoms with Crippen molar-refractivity contribution in [3.63, 3.8) is 0 Å². The van der Waals surface area contributed by atoms with Crippen LogP contribution in [0.4, 0.5) is 17.8 Å². The van der Waals surface area contributed by atoms with Gasteiger partial charge in [0.15, 0.2) is 0 Å². The molecule has 0 unspecified atom stereocenters. The Morgan fingerprint density at radius 2 is 1.43 bits per heavy atom. The third-order valence-corrected chi connectivity index (χ3v) is 3.96. The lowest BCUT2D eigenvalue weighted by atomic mass is 10.1. The van der Waals surface area contributed by atoms with Gasteiger partial charge in [-0.05, 0) is 27.7 Å². The minimum absolute atomic E-state index is 0.180. The van der Waals surface area contributed by atoms with Crippen LogP contribution in [0.2, 0.25) is 0 Å². The molecule has 3 aromatic heterocycles. The van der Waals surface area contributed by atoms with Gasteiger partial charge in [0.2, 0.25) is 17.8 Å². The van der Waals surface area contributed by atoms with E-state index in [0.717, 1.165) is 11.6 Å². The molecule has 0 bridgehead atoms. The van der Waals surface area contributed by atoms with Crippen LogP contribution >= 0.6 is 0 Å². The van der Waals surface area contributed by atoms with Crippen LogP contribution in [0.25, 0.3) is 0 Å². The van der Waals surface area contributed by atoms with Gasteiger partial charge in [-0.25, -0.2) is 9.97 Å². The second kappa shape index (κ2) is 7.83. The first-order chi connectivity index (χ1) is 13.3. The van der Waals surface area contributed by atoms with Crippen LogP contribution in [0.3, 0.4) is 0 Å². The van der Waals surface area contributed by atoms with Crippen molar-refractivity contribution in [2.24, 2.45) is 14.1 Å². The number of rotatable bonds is 7. The Hall–Kier alpha value is -3.17. The Morgan fingerprint density at radius 1 is 0.893 bits per heavy atom. The number of nitrogens with zero attached hydrogens (tertiary/aromatic N) is 7. The Morgan fingerprint density at radius 3 is 1.89 bits per heavy atom. The number of aromatic nitrogens is 7. The van der Waals surface area contributed by atoms with Crippen molar-refractivity contribution in [3.8, 4) is 0 Å². The van der Waals surface area contributed by atoms with Gasteiger partial charge in [-0.1, -0.05) is 0 Å². The summed E-state index contributed by atoms with van der Waals surface area (Å²) in [5, 5.41) is 9.84. The van der Waals surface area contributed by atoms with Crippen LogP contribution in [-0.4, -0.2) is 46.1 Å². The minimum atomic E-state index is -0.320. The zero-order valence-electron chi connectivity index (χ0n) is 17.2. The van der Waals surface area contributed by atoms with E-state index >= 15 is 0 Å². The van der Waals surface area contributed by atoms with E-state index in [2.05, 4.69) is 61.6 Å². The van der Waals surface area contributed by atoms with Crippen molar-refractivity contribution < 1.29 is 0 Å². The molecule has 28 heavy (non-hydrogen) atoms. The molecule has 3 N–H and O–H groups in total. The third-order valence-electron chi connectivity index (χ3n) is 3.96. The molecule has 0 saturated carbocycles. The predicted octanol–water partition coefficient (Wildman–Crippen LogP) is 2.18. The Bertz CT molecular complexity index is 880. The lowest BCUT2D eigenvalue weighted by molar-refractivity contribution is 0.624.